The fourth-order valence-electron chi connectivity index (χ4n) is 2.11. The molecule has 0 aliphatic heterocycles. The Kier molecular flexibility index (Phi) is 4.42. The summed E-state index contributed by atoms with van der Waals surface area (Å²) in [6.07, 6.45) is 4.44. The summed E-state index contributed by atoms with van der Waals surface area (Å²) in [5.74, 6) is 1.06. The lowest BCUT2D eigenvalue weighted by Crippen LogP contribution is -2.17. The van der Waals surface area contributed by atoms with E-state index < -0.39 is 0 Å². The number of amidine groups is 1. The van der Waals surface area contributed by atoms with Crippen molar-refractivity contribution >= 4 is 5.84 Å². The van der Waals surface area contributed by atoms with Crippen LogP contribution in [0.2, 0.25) is 0 Å². The maximum absolute atomic E-state index is 8.91. The number of rotatable bonds is 5. The van der Waals surface area contributed by atoms with Crippen LogP contribution in [0.15, 0.2) is 23.6 Å². The van der Waals surface area contributed by atoms with Crippen LogP contribution in [0.3, 0.4) is 0 Å². The standard InChI is InChI=1S/C14H19N5O2/c1-4-5-19-8-11(7-16-19)21-12-6-9(2)17-10(3)13(12)14(15)18-20/h6-8,20H,4-5H2,1-3H3,(H2,15,18). The van der Waals surface area contributed by atoms with Gasteiger partial charge in [0.25, 0.3) is 0 Å². The quantitative estimate of drug-likeness (QED) is 0.380. The molecule has 0 saturated carbocycles. The first-order valence-corrected chi connectivity index (χ1v) is 6.71. The van der Waals surface area contributed by atoms with Crippen molar-refractivity contribution in [3.8, 4) is 11.5 Å². The molecule has 7 heteroatoms. The molecule has 0 unspecified atom stereocenters. The van der Waals surface area contributed by atoms with Crippen LogP contribution in [-0.2, 0) is 6.54 Å². The van der Waals surface area contributed by atoms with Gasteiger partial charge in [0.15, 0.2) is 11.6 Å². The first kappa shape index (κ1) is 14.8. The SMILES string of the molecule is CCCn1cc(Oc2cc(C)nc(C)c2/C(N)=N/O)cn1. The van der Waals surface area contributed by atoms with Crippen molar-refractivity contribution in [2.45, 2.75) is 33.7 Å². The zero-order valence-electron chi connectivity index (χ0n) is 12.4. The van der Waals surface area contributed by atoms with E-state index >= 15 is 0 Å². The topological polar surface area (TPSA) is 98.6 Å². The van der Waals surface area contributed by atoms with Crippen molar-refractivity contribution < 1.29 is 9.94 Å². The third kappa shape index (κ3) is 3.31. The Balaban J connectivity index is 2.38. The maximum atomic E-state index is 8.91. The van der Waals surface area contributed by atoms with Crippen LogP contribution in [0.5, 0.6) is 11.5 Å². The summed E-state index contributed by atoms with van der Waals surface area (Å²) in [6.45, 7) is 6.54. The second kappa shape index (κ2) is 6.25. The minimum Gasteiger partial charge on any atom is -0.453 e. The Bertz CT molecular complexity index is 663. The van der Waals surface area contributed by atoms with Gasteiger partial charge in [0, 0.05) is 18.3 Å². The van der Waals surface area contributed by atoms with Crippen molar-refractivity contribution in [1.29, 1.82) is 0 Å². The number of ether oxygens (including phenoxy) is 1. The molecule has 0 aromatic carbocycles. The van der Waals surface area contributed by atoms with E-state index in [0.717, 1.165) is 18.7 Å². The summed E-state index contributed by atoms with van der Waals surface area (Å²) in [6, 6.07) is 1.75. The van der Waals surface area contributed by atoms with Gasteiger partial charge in [-0.2, -0.15) is 5.10 Å². The molecule has 0 amide bonds. The second-order valence-corrected chi connectivity index (χ2v) is 4.75. The fraction of sp³-hybridized carbons (Fsp3) is 0.357. The molecular weight excluding hydrogens is 270 g/mol. The van der Waals surface area contributed by atoms with Crippen molar-refractivity contribution in [1.82, 2.24) is 14.8 Å². The van der Waals surface area contributed by atoms with Gasteiger partial charge >= 0.3 is 0 Å². The molecule has 112 valence electrons. The highest BCUT2D eigenvalue weighted by Gasteiger charge is 2.15. The van der Waals surface area contributed by atoms with E-state index in [-0.39, 0.29) is 5.84 Å². The number of oxime groups is 1. The molecule has 0 spiro atoms. The fourth-order valence-corrected chi connectivity index (χ4v) is 2.11. The van der Waals surface area contributed by atoms with Crippen LogP contribution in [0, 0.1) is 13.8 Å². The first-order chi connectivity index (χ1) is 10.0. The highest BCUT2D eigenvalue weighted by atomic mass is 16.5. The highest BCUT2D eigenvalue weighted by molar-refractivity contribution is 6.00. The summed E-state index contributed by atoms with van der Waals surface area (Å²) in [7, 11) is 0. The summed E-state index contributed by atoms with van der Waals surface area (Å²) < 4.78 is 7.63. The molecule has 2 aromatic heterocycles. The third-order valence-corrected chi connectivity index (χ3v) is 2.95. The largest absolute Gasteiger partial charge is 0.453 e. The van der Waals surface area contributed by atoms with Crippen LogP contribution < -0.4 is 10.5 Å². The molecule has 3 N–H and O–H groups in total. The Hall–Kier alpha value is -2.57. The van der Waals surface area contributed by atoms with Crippen molar-refractivity contribution in [2.24, 2.45) is 10.9 Å². The minimum atomic E-state index is -0.0315. The summed E-state index contributed by atoms with van der Waals surface area (Å²) in [4.78, 5) is 4.31. The van der Waals surface area contributed by atoms with Gasteiger partial charge in [-0.05, 0) is 20.3 Å². The normalized spacial score (nSPS) is 11.7. The predicted molar refractivity (Wildman–Crippen MR) is 78.8 cm³/mol. The van der Waals surface area contributed by atoms with Gasteiger partial charge in [-0.25, -0.2) is 0 Å². The molecule has 0 aliphatic carbocycles. The van der Waals surface area contributed by atoms with Gasteiger partial charge < -0.3 is 15.7 Å². The van der Waals surface area contributed by atoms with Gasteiger partial charge in [0.2, 0.25) is 0 Å². The smallest absolute Gasteiger partial charge is 0.175 e. The van der Waals surface area contributed by atoms with Crippen LogP contribution >= 0.6 is 0 Å². The molecule has 2 aromatic rings. The lowest BCUT2D eigenvalue weighted by atomic mass is 10.1. The van der Waals surface area contributed by atoms with E-state index in [4.69, 9.17) is 15.7 Å². The maximum Gasteiger partial charge on any atom is 0.175 e. The molecule has 2 rings (SSSR count). The first-order valence-electron chi connectivity index (χ1n) is 6.71. The lowest BCUT2D eigenvalue weighted by molar-refractivity contribution is 0.318. The Labute approximate surface area is 123 Å². The Morgan fingerprint density at radius 2 is 2.24 bits per heavy atom. The molecule has 21 heavy (non-hydrogen) atoms. The molecule has 7 nitrogen and oxygen atoms in total. The van der Waals surface area contributed by atoms with E-state index in [0.29, 0.717) is 22.8 Å². The van der Waals surface area contributed by atoms with Crippen molar-refractivity contribution in [3.05, 3.63) is 35.4 Å². The number of hydrogen-bond donors (Lipinski definition) is 2. The minimum absolute atomic E-state index is 0.0315. The lowest BCUT2D eigenvalue weighted by Gasteiger charge is -2.12. The number of hydrogen-bond acceptors (Lipinski definition) is 5. The van der Waals surface area contributed by atoms with E-state index in [2.05, 4.69) is 22.2 Å². The van der Waals surface area contributed by atoms with Crippen LogP contribution in [-0.4, -0.2) is 25.8 Å². The Morgan fingerprint density at radius 3 is 2.90 bits per heavy atom. The van der Waals surface area contributed by atoms with Crippen LogP contribution in [0.4, 0.5) is 0 Å². The van der Waals surface area contributed by atoms with Crippen LogP contribution in [0.25, 0.3) is 0 Å². The summed E-state index contributed by atoms with van der Waals surface area (Å²) in [5.41, 5.74) is 7.62. The van der Waals surface area contributed by atoms with Crippen LogP contribution in [0.1, 0.15) is 30.3 Å². The number of nitrogens with zero attached hydrogens (tertiary/aromatic N) is 4. The van der Waals surface area contributed by atoms with Gasteiger partial charge in [0.1, 0.15) is 5.75 Å². The third-order valence-electron chi connectivity index (χ3n) is 2.95. The number of aromatic nitrogens is 3. The van der Waals surface area contributed by atoms with Gasteiger partial charge in [-0.3, -0.25) is 9.67 Å². The molecule has 0 fully saturated rings. The second-order valence-electron chi connectivity index (χ2n) is 4.75. The van der Waals surface area contributed by atoms with E-state index in [9.17, 15) is 0 Å². The summed E-state index contributed by atoms with van der Waals surface area (Å²) in [5, 5.41) is 16.2. The predicted octanol–water partition coefficient (Wildman–Crippen LogP) is 2.19. The van der Waals surface area contributed by atoms with Gasteiger partial charge in [0.05, 0.1) is 23.7 Å². The van der Waals surface area contributed by atoms with E-state index in [1.807, 2.05) is 13.1 Å². The number of nitrogens with two attached hydrogens (primary N) is 1. The molecule has 0 atom stereocenters. The monoisotopic (exact) mass is 289 g/mol. The molecule has 2 heterocycles. The average Bonchev–Trinajstić information content (AvgIpc) is 2.85. The highest BCUT2D eigenvalue weighted by Crippen LogP contribution is 2.27. The number of pyridine rings is 1. The zero-order valence-corrected chi connectivity index (χ0v) is 12.4. The molecular formula is C14H19N5O2. The Morgan fingerprint density at radius 1 is 1.48 bits per heavy atom. The molecule has 0 aliphatic rings. The molecule has 0 radical (unpaired) electrons. The molecule has 0 saturated heterocycles. The number of aryl methyl sites for hydroxylation is 3. The van der Waals surface area contributed by atoms with E-state index in [1.165, 1.54) is 0 Å². The van der Waals surface area contributed by atoms with Crippen molar-refractivity contribution in [3.63, 3.8) is 0 Å². The molecule has 0 bridgehead atoms. The average molecular weight is 289 g/mol. The van der Waals surface area contributed by atoms with Gasteiger partial charge in [-0.1, -0.05) is 12.1 Å². The van der Waals surface area contributed by atoms with E-state index in [1.54, 1.807) is 23.9 Å². The van der Waals surface area contributed by atoms with Crippen molar-refractivity contribution in [2.75, 3.05) is 0 Å². The summed E-state index contributed by atoms with van der Waals surface area (Å²) >= 11 is 0. The zero-order chi connectivity index (χ0) is 15.4. The van der Waals surface area contributed by atoms with Gasteiger partial charge in [-0.15, -0.1) is 0 Å².